The van der Waals surface area contributed by atoms with Crippen LogP contribution in [0.3, 0.4) is 0 Å². The average molecular weight is 516 g/mol. The van der Waals surface area contributed by atoms with Gasteiger partial charge in [0, 0.05) is 17.2 Å². The van der Waals surface area contributed by atoms with Gasteiger partial charge in [0.25, 0.3) is 0 Å². The zero-order chi connectivity index (χ0) is 26.7. The highest BCUT2D eigenvalue weighted by Crippen LogP contribution is 2.43. The van der Waals surface area contributed by atoms with E-state index in [1.807, 2.05) is 75.4 Å². The molecule has 2 atom stereocenters. The molecule has 0 bridgehead atoms. The van der Waals surface area contributed by atoms with Crippen LogP contribution in [0.5, 0.6) is 5.75 Å². The third-order valence-electron chi connectivity index (χ3n) is 6.49. The summed E-state index contributed by atoms with van der Waals surface area (Å²) in [6.45, 7) is 5.50. The number of fused-ring (bicyclic) bond motifs is 1. The molecule has 1 unspecified atom stereocenters. The number of furan rings is 1. The predicted molar refractivity (Wildman–Crippen MR) is 146 cm³/mol. The first-order valence-electron chi connectivity index (χ1n) is 12.9. The second-order valence-electron chi connectivity index (χ2n) is 10.5. The van der Waals surface area contributed by atoms with Gasteiger partial charge in [-0.05, 0) is 57.7 Å². The number of ether oxygens (including phenoxy) is 3. The minimum Gasteiger partial charge on any atom is -0.497 e. The summed E-state index contributed by atoms with van der Waals surface area (Å²) in [5.74, 6) is 1.88. The van der Waals surface area contributed by atoms with Crippen molar-refractivity contribution >= 4 is 22.9 Å². The predicted octanol–water partition coefficient (Wildman–Crippen LogP) is 6.26. The average Bonchev–Trinajstić information content (AvgIpc) is 3.52. The minimum absolute atomic E-state index is 0.0253. The Morgan fingerprint density at radius 2 is 1.79 bits per heavy atom. The molecule has 2 heterocycles. The van der Waals surface area contributed by atoms with E-state index in [1.165, 1.54) is 6.33 Å². The second-order valence-corrected chi connectivity index (χ2v) is 10.5. The van der Waals surface area contributed by atoms with Crippen molar-refractivity contribution in [3.05, 3.63) is 60.9 Å². The van der Waals surface area contributed by atoms with E-state index >= 15 is 0 Å². The van der Waals surface area contributed by atoms with E-state index in [1.54, 1.807) is 7.11 Å². The molecule has 0 saturated heterocycles. The fraction of sp³-hybridized carbons (Fsp3) is 0.367. The lowest BCUT2D eigenvalue weighted by Gasteiger charge is -2.20. The summed E-state index contributed by atoms with van der Waals surface area (Å²) < 4.78 is 22.9. The number of rotatable bonds is 8. The number of hydrogen-bond donors (Lipinski definition) is 1. The number of aromatic nitrogens is 2. The molecule has 198 valence electrons. The summed E-state index contributed by atoms with van der Waals surface area (Å²) in [7, 11) is 1.65. The van der Waals surface area contributed by atoms with Crippen LogP contribution in [0.4, 0.5) is 5.82 Å². The van der Waals surface area contributed by atoms with E-state index < -0.39 is 5.60 Å². The van der Waals surface area contributed by atoms with Gasteiger partial charge < -0.3 is 23.9 Å². The summed E-state index contributed by atoms with van der Waals surface area (Å²) >= 11 is 0. The monoisotopic (exact) mass is 515 g/mol. The highest BCUT2D eigenvalue weighted by molar-refractivity contribution is 6.05. The molecule has 0 spiro atoms. The first-order valence-corrected chi connectivity index (χ1v) is 12.9. The lowest BCUT2D eigenvalue weighted by molar-refractivity contribution is -0.162. The van der Waals surface area contributed by atoms with Crippen LogP contribution in [0.2, 0.25) is 0 Å². The maximum Gasteiger partial charge on any atom is 0.332 e. The molecule has 0 amide bonds. The van der Waals surface area contributed by atoms with Gasteiger partial charge in [-0.3, -0.25) is 0 Å². The van der Waals surface area contributed by atoms with Crippen molar-refractivity contribution in [2.75, 3.05) is 19.0 Å². The van der Waals surface area contributed by atoms with Crippen molar-refractivity contribution in [2.24, 2.45) is 0 Å². The summed E-state index contributed by atoms with van der Waals surface area (Å²) in [5.41, 5.74) is 2.85. The molecule has 8 nitrogen and oxygen atoms in total. The maximum absolute atomic E-state index is 12.1. The van der Waals surface area contributed by atoms with E-state index in [0.29, 0.717) is 11.5 Å². The number of hydrogen-bond acceptors (Lipinski definition) is 8. The molecule has 38 heavy (non-hydrogen) atoms. The fourth-order valence-electron chi connectivity index (χ4n) is 4.84. The van der Waals surface area contributed by atoms with E-state index in [9.17, 15) is 4.79 Å². The molecule has 0 radical (unpaired) electrons. The Hall–Kier alpha value is -3.91. The number of nitrogens with one attached hydrogen (secondary N) is 1. The van der Waals surface area contributed by atoms with Gasteiger partial charge in [-0.15, -0.1) is 0 Å². The topological polar surface area (TPSA) is 95.7 Å². The van der Waals surface area contributed by atoms with Crippen LogP contribution in [-0.4, -0.2) is 47.4 Å². The van der Waals surface area contributed by atoms with E-state index in [-0.39, 0.29) is 24.7 Å². The third kappa shape index (κ3) is 5.81. The SMILES string of the molecule is COc1ccc(-c2c(-c3ccccc3)oc3ncnc(NC4CC[C@@H](OCC(=O)OC(C)(C)C)C4)c23)cc1. The first kappa shape index (κ1) is 25.7. The Labute approximate surface area is 222 Å². The smallest absolute Gasteiger partial charge is 0.332 e. The maximum atomic E-state index is 12.1. The van der Waals surface area contributed by atoms with Crippen molar-refractivity contribution in [1.29, 1.82) is 0 Å². The molecule has 8 heteroatoms. The number of methoxy groups -OCH3 is 1. The Morgan fingerprint density at radius 3 is 2.50 bits per heavy atom. The third-order valence-corrected chi connectivity index (χ3v) is 6.49. The summed E-state index contributed by atoms with van der Waals surface area (Å²) in [6, 6.07) is 18.0. The molecule has 1 fully saturated rings. The highest BCUT2D eigenvalue weighted by atomic mass is 16.6. The number of benzene rings is 2. The van der Waals surface area contributed by atoms with Crippen LogP contribution in [0, 0.1) is 0 Å². The Balaban J connectivity index is 1.42. The molecule has 1 N–H and O–H groups in total. The molecule has 4 aromatic rings. The van der Waals surface area contributed by atoms with E-state index in [0.717, 1.165) is 52.8 Å². The van der Waals surface area contributed by atoms with Crippen LogP contribution in [-0.2, 0) is 14.3 Å². The Morgan fingerprint density at radius 1 is 1.03 bits per heavy atom. The second kappa shape index (κ2) is 10.8. The van der Waals surface area contributed by atoms with Crippen LogP contribution >= 0.6 is 0 Å². The molecule has 0 aliphatic heterocycles. The molecule has 2 aromatic carbocycles. The van der Waals surface area contributed by atoms with Gasteiger partial charge >= 0.3 is 5.97 Å². The van der Waals surface area contributed by atoms with Gasteiger partial charge in [-0.1, -0.05) is 42.5 Å². The molecule has 2 aromatic heterocycles. The zero-order valence-corrected chi connectivity index (χ0v) is 22.2. The van der Waals surface area contributed by atoms with Gasteiger partial charge in [0.2, 0.25) is 5.71 Å². The number of esters is 1. The first-order chi connectivity index (χ1) is 18.3. The summed E-state index contributed by atoms with van der Waals surface area (Å²) in [5, 5.41) is 4.43. The normalized spacial score (nSPS) is 17.5. The van der Waals surface area contributed by atoms with E-state index in [2.05, 4.69) is 15.3 Å². The quantitative estimate of drug-likeness (QED) is 0.275. The molecule has 1 aliphatic carbocycles. The molecular weight excluding hydrogens is 482 g/mol. The lowest BCUT2D eigenvalue weighted by Crippen LogP contribution is -2.28. The van der Waals surface area contributed by atoms with Crippen LogP contribution < -0.4 is 10.1 Å². The molecule has 1 aliphatic rings. The van der Waals surface area contributed by atoms with Crippen molar-refractivity contribution in [2.45, 2.75) is 57.8 Å². The van der Waals surface area contributed by atoms with Crippen LogP contribution in [0.25, 0.3) is 33.6 Å². The van der Waals surface area contributed by atoms with Gasteiger partial charge in [-0.2, -0.15) is 0 Å². The Kier molecular flexibility index (Phi) is 7.33. The lowest BCUT2D eigenvalue weighted by atomic mass is 9.99. The van der Waals surface area contributed by atoms with E-state index in [4.69, 9.17) is 18.6 Å². The van der Waals surface area contributed by atoms with Crippen LogP contribution in [0.15, 0.2) is 65.3 Å². The largest absolute Gasteiger partial charge is 0.497 e. The molecular formula is C30H33N3O5. The van der Waals surface area contributed by atoms with Gasteiger partial charge in [0.15, 0.2) is 0 Å². The number of anilines is 1. The number of carbonyl (C=O) groups excluding carboxylic acids is 1. The highest BCUT2D eigenvalue weighted by Gasteiger charge is 2.29. The number of nitrogens with zero attached hydrogens (tertiary/aromatic N) is 2. The van der Waals surface area contributed by atoms with Crippen molar-refractivity contribution in [3.63, 3.8) is 0 Å². The standard InChI is InChI=1S/C30H33N3O5/c1-30(2,3)38-24(34)17-36-23-15-12-21(16-23)33-28-26-25(19-10-13-22(35-4)14-11-19)27(20-8-6-5-7-9-20)37-29(26)32-18-31-28/h5-11,13-14,18,21,23H,12,15-17H2,1-4H3,(H,31,32,33)/t21?,23-/m1/s1. The minimum atomic E-state index is -0.524. The molecule has 5 rings (SSSR count). The van der Waals surface area contributed by atoms with Gasteiger partial charge in [0.05, 0.1) is 18.6 Å². The zero-order valence-electron chi connectivity index (χ0n) is 22.2. The summed E-state index contributed by atoms with van der Waals surface area (Å²) in [4.78, 5) is 21.1. The van der Waals surface area contributed by atoms with Gasteiger partial charge in [0.1, 0.15) is 35.9 Å². The van der Waals surface area contributed by atoms with Gasteiger partial charge in [-0.25, -0.2) is 14.8 Å². The molecule has 1 saturated carbocycles. The van der Waals surface area contributed by atoms with Crippen LogP contribution in [0.1, 0.15) is 40.0 Å². The summed E-state index contributed by atoms with van der Waals surface area (Å²) in [6.07, 6.45) is 4.00. The number of carbonyl (C=O) groups is 1. The Bertz CT molecular complexity index is 1390. The van der Waals surface area contributed by atoms with Crippen molar-refractivity contribution < 1.29 is 23.4 Å². The van der Waals surface area contributed by atoms with Crippen molar-refractivity contribution in [1.82, 2.24) is 9.97 Å². The fourth-order valence-corrected chi connectivity index (χ4v) is 4.84. The van der Waals surface area contributed by atoms with Crippen molar-refractivity contribution in [3.8, 4) is 28.2 Å².